The number of rotatable bonds is 6. The fraction of sp³-hybridized carbons (Fsp3) is 0.435. The first-order chi connectivity index (χ1) is 13.2. The summed E-state index contributed by atoms with van der Waals surface area (Å²) >= 11 is 0. The van der Waals surface area contributed by atoms with Crippen LogP contribution in [0.5, 0.6) is 5.75 Å². The number of nitrogens with one attached hydrogen (secondary N) is 2. The molecule has 0 radical (unpaired) electrons. The van der Waals surface area contributed by atoms with Crippen LogP contribution in [0.2, 0.25) is 0 Å². The monoisotopic (exact) mass is 364 g/mol. The molecule has 2 aromatic rings. The molecule has 4 nitrogen and oxygen atoms in total. The van der Waals surface area contributed by atoms with E-state index >= 15 is 0 Å². The van der Waals surface area contributed by atoms with Crippen LogP contribution in [0, 0.1) is 11.3 Å². The van der Waals surface area contributed by atoms with Crippen molar-refractivity contribution in [3.05, 3.63) is 65.7 Å². The molecule has 4 rings (SSSR count). The van der Waals surface area contributed by atoms with E-state index in [9.17, 15) is 4.79 Å². The molecule has 2 aliphatic rings. The summed E-state index contributed by atoms with van der Waals surface area (Å²) in [6, 6.07) is 18.1. The van der Waals surface area contributed by atoms with Crippen LogP contribution in [0.3, 0.4) is 0 Å². The Bertz CT molecular complexity index is 767. The van der Waals surface area contributed by atoms with E-state index in [-0.39, 0.29) is 23.3 Å². The number of piperidine rings is 1. The minimum atomic E-state index is -0.131. The van der Waals surface area contributed by atoms with Gasteiger partial charge in [-0.05, 0) is 68.0 Å². The van der Waals surface area contributed by atoms with Crippen LogP contribution in [0.15, 0.2) is 54.6 Å². The van der Waals surface area contributed by atoms with Crippen LogP contribution in [-0.4, -0.2) is 25.6 Å². The van der Waals surface area contributed by atoms with Gasteiger partial charge in [0.25, 0.3) is 0 Å². The van der Waals surface area contributed by atoms with Gasteiger partial charge in [0.1, 0.15) is 5.75 Å². The lowest BCUT2D eigenvalue weighted by atomic mass is 9.91. The number of hydrogen-bond donors (Lipinski definition) is 2. The van der Waals surface area contributed by atoms with Gasteiger partial charge in [0, 0.05) is 5.92 Å². The Balaban J connectivity index is 1.53. The standard InChI is InChI=1S/C23H28N2O2/c1-2-27-19-10-8-18(9-11-19)21(17-6-4-3-5-7-17)25-22(26)20-16-23(20)12-14-24-15-13-23/h3-11,20-21,24H,2,12-16H2,1H3,(H,25,26). The summed E-state index contributed by atoms with van der Waals surface area (Å²) in [5, 5.41) is 6.74. The van der Waals surface area contributed by atoms with Crippen LogP contribution in [-0.2, 0) is 4.79 Å². The Morgan fingerprint density at radius 1 is 1.11 bits per heavy atom. The zero-order chi connectivity index (χ0) is 18.7. The van der Waals surface area contributed by atoms with Gasteiger partial charge in [-0.1, -0.05) is 42.5 Å². The average molecular weight is 364 g/mol. The van der Waals surface area contributed by atoms with Crippen LogP contribution in [0.25, 0.3) is 0 Å². The second-order valence-corrected chi connectivity index (χ2v) is 7.72. The largest absolute Gasteiger partial charge is 0.494 e. The fourth-order valence-corrected chi connectivity index (χ4v) is 4.37. The van der Waals surface area contributed by atoms with Gasteiger partial charge in [-0.15, -0.1) is 0 Å². The first-order valence-corrected chi connectivity index (χ1v) is 10.0. The molecule has 2 unspecified atom stereocenters. The van der Waals surface area contributed by atoms with Crippen molar-refractivity contribution in [1.29, 1.82) is 0 Å². The van der Waals surface area contributed by atoms with E-state index < -0.39 is 0 Å². The molecule has 142 valence electrons. The Labute approximate surface area is 161 Å². The number of carbonyl (C=O) groups is 1. The van der Waals surface area contributed by atoms with E-state index in [0.717, 1.165) is 49.2 Å². The van der Waals surface area contributed by atoms with Gasteiger partial charge in [0.05, 0.1) is 12.6 Å². The molecule has 0 aromatic heterocycles. The van der Waals surface area contributed by atoms with E-state index in [0.29, 0.717) is 6.61 Å². The number of amides is 1. The van der Waals surface area contributed by atoms with E-state index in [4.69, 9.17) is 4.74 Å². The first kappa shape index (κ1) is 18.1. The van der Waals surface area contributed by atoms with E-state index in [1.165, 1.54) is 0 Å². The molecule has 2 N–H and O–H groups in total. The average Bonchev–Trinajstić information content (AvgIpc) is 3.41. The zero-order valence-electron chi connectivity index (χ0n) is 15.9. The normalized spacial score (nSPS) is 21.4. The SMILES string of the molecule is CCOc1ccc(C(NC(=O)C2CC23CCNCC3)c2ccccc2)cc1. The van der Waals surface area contributed by atoms with Gasteiger partial charge >= 0.3 is 0 Å². The van der Waals surface area contributed by atoms with Crippen molar-refractivity contribution in [3.8, 4) is 5.75 Å². The summed E-state index contributed by atoms with van der Waals surface area (Å²) in [6.45, 7) is 4.69. The number of carbonyl (C=O) groups excluding carboxylic acids is 1. The van der Waals surface area contributed by atoms with Crippen molar-refractivity contribution < 1.29 is 9.53 Å². The minimum absolute atomic E-state index is 0.131. The molecule has 1 saturated carbocycles. The predicted molar refractivity (Wildman–Crippen MR) is 107 cm³/mol. The van der Waals surface area contributed by atoms with Crippen LogP contribution >= 0.6 is 0 Å². The van der Waals surface area contributed by atoms with Crippen molar-refractivity contribution in [1.82, 2.24) is 10.6 Å². The Morgan fingerprint density at radius 2 is 1.78 bits per heavy atom. The minimum Gasteiger partial charge on any atom is -0.494 e. The van der Waals surface area contributed by atoms with Crippen molar-refractivity contribution in [2.45, 2.75) is 32.2 Å². The van der Waals surface area contributed by atoms with Gasteiger partial charge in [-0.25, -0.2) is 0 Å². The number of benzene rings is 2. The highest BCUT2D eigenvalue weighted by Gasteiger charge is 2.57. The topological polar surface area (TPSA) is 50.4 Å². The van der Waals surface area contributed by atoms with Crippen LogP contribution in [0.4, 0.5) is 0 Å². The smallest absolute Gasteiger partial charge is 0.224 e. The highest BCUT2D eigenvalue weighted by Crippen LogP contribution is 2.58. The molecule has 1 heterocycles. The van der Waals surface area contributed by atoms with Gasteiger partial charge in [0.2, 0.25) is 5.91 Å². The van der Waals surface area contributed by atoms with E-state index in [1.807, 2.05) is 37.3 Å². The quantitative estimate of drug-likeness (QED) is 0.822. The lowest BCUT2D eigenvalue weighted by molar-refractivity contribution is -0.123. The summed E-state index contributed by atoms with van der Waals surface area (Å²) in [4.78, 5) is 13.0. The molecule has 2 fully saturated rings. The number of hydrogen-bond acceptors (Lipinski definition) is 3. The third kappa shape index (κ3) is 3.86. The maximum atomic E-state index is 13.0. The molecule has 1 saturated heterocycles. The fourth-order valence-electron chi connectivity index (χ4n) is 4.37. The summed E-state index contributed by atoms with van der Waals surface area (Å²) < 4.78 is 5.56. The molecule has 1 spiro atoms. The first-order valence-electron chi connectivity index (χ1n) is 10.0. The molecule has 27 heavy (non-hydrogen) atoms. The zero-order valence-corrected chi connectivity index (χ0v) is 15.9. The van der Waals surface area contributed by atoms with E-state index in [1.54, 1.807) is 0 Å². The van der Waals surface area contributed by atoms with Gasteiger partial charge in [-0.3, -0.25) is 4.79 Å². The van der Waals surface area contributed by atoms with Gasteiger partial charge < -0.3 is 15.4 Å². The maximum Gasteiger partial charge on any atom is 0.224 e. The Hall–Kier alpha value is -2.33. The summed E-state index contributed by atoms with van der Waals surface area (Å²) in [5.41, 5.74) is 2.43. The molecule has 1 amide bonds. The number of ether oxygens (including phenoxy) is 1. The van der Waals surface area contributed by atoms with Crippen LogP contribution < -0.4 is 15.4 Å². The molecule has 1 aliphatic carbocycles. The van der Waals surface area contributed by atoms with Gasteiger partial charge in [0.15, 0.2) is 0 Å². The lowest BCUT2D eigenvalue weighted by Gasteiger charge is -2.25. The summed E-state index contributed by atoms with van der Waals surface area (Å²) in [7, 11) is 0. The van der Waals surface area contributed by atoms with Crippen molar-refractivity contribution in [2.75, 3.05) is 19.7 Å². The summed E-state index contributed by atoms with van der Waals surface area (Å²) in [5.74, 6) is 1.21. The lowest BCUT2D eigenvalue weighted by Crippen LogP contribution is -2.35. The van der Waals surface area contributed by atoms with Crippen molar-refractivity contribution in [2.24, 2.45) is 11.3 Å². The molecule has 2 aromatic carbocycles. The highest BCUT2D eigenvalue weighted by molar-refractivity contribution is 5.83. The van der Waals surface area contributed by atoms with Gasteiger partial charge in [-0.2, -0.15) is 0 Å². The predicted octanol–water partition coefficient (Wildman–Crippen LogP) is 3.68. The molecule has 2 atom stereocenters. The van der Waals surface area contributed by atoms with Crippen LogP contribution in [0.1, 0.15) is 43.4 Å². The van der Waals surface area contributed by atoms with E-state index in [2.05, 4.69) is 34.9 Å². The highest BCUT2D eigenvalue weighted by atomic mass is 16.5. The Kier molecular flexibility index (Phi) is 5.17. The third-order valence-corrected chi connectivity index (χ3v) is 6.05. The van der Waals surface area contributed by atoms with Crippen molar-refractivity contribution >= 4 is 5.91 Å². The molecule has 1 aliphatic heterocycles. The summed E-state index contributed by atoms with van der Waals surface area (Å²) in [6.07, 6.45) is 3.26. The maximum absolute atomic E-state index is 13.0. The molecular formula is C23H28N2O2. The second kappa shape index (κ2) is 7.73. The molecule has 4 heteroatoms. The molecule has 0 bridgehead atoms. The van der Waals surface area contributed by atoms with Crippen molar-refractivity contribution in [3.63, 3.8) is 0 Å². The third-order valence-electron chi connectivity index (χ3n) is 6.05. The molecular weight excluding hydrogens is 336 g/mol. The Morgan fingerprint density at radius 3 is 2.44 bits per heavy atom. The second-order valence-electron chi connectivity index (χ2n) is 7.72.